The van der Waals surface area contributed by atoms with Crippen molar-refractivity contribution in [1.29, 1.82) is 0 Å². The molecule has 0 spiro atoms. The standard InChI is InChI=1S/C28H33NO3/c1-3-27-24(19-29-28(27)23-9-12-26(31-2)13-10-23)8-11-25(30)18-20-4-6-21(7-5-20)22-14-16-32-17-15-22/h4-7,9-10,12-13,19,22,27H,3,8,11,14-18H2,1-2H3. The van der Waals surface area contributed by atoms with Crippen molar-refractivity contribution in [3.63, 3.8) is 0 Å². The van der Waals surface area contributed by atoms with E-state index in [9.17, 15) is 4.79 Å². The predicted molar refractivity (Wildman–Crippen MR) is 129 cm³/mol. The number of hydrogen-bond donors (Lipinski definition) is 0. The second-order valence-corrected chi connectivity index (χ2v) is 8.75. The molecular weight excluding hydrogens is 398 g/mol. The zero-order valence-corrected chi connectivity index (χ0v) is 19.2. The first kappa shape index (κ1) is 22.5. The van der Waals surface area contributed by atoms with Gasteiger partial charge in [0.1, 0.15) is 11.5 Å². The van der Waals surface area contributed by atoms with E-state index in [0.717, 1.165) is 61.5 Å². The van der Waals surface area contributed by atoms with E-state index >= 15 is 0 Å². The van der Waals surface area contributed by atoms with Crippen LogP contribution in [-0.4, -0.2) is 31.8 Å². The molecule has 2 aliphatic heterocycles. The number of benzene rings is 2. The summed E-state index contributed by atoms with van der Waals surface area (Å²) in [5.41, 5.74) is 5.96. The normalized spacial score (nSPS) is 18.9. The SMILES string of the molecule is CCC1C(CCC(=O)Cc2ccc(C3CCOCC3)cc2)=CN=C1c1ccc(OC)cc1. The predicted octanol–water partition coefficient (Wildman–Crippen LogP) is 5.89. The molecule has 4 rings (SSSR count). The Bertz CT molecular complexity index is 967. The molecule has 1 unspecified atom stereocenters. The maximum Gasteiger partial charge on any atom is 0.137 e. The second-order valence-electron chi connectivity index (χ2n) is 8.75. The summed E-state index contributed by atoms with van der Waals surface area (Å²) in [6.07, 6.45) is 6.99. The molecule has 4 heteroatoms. The molecule has 0 radical (unpaired) electrons. The monoisotopic (exact) mass is 431 g/mol. The Kier molecular flexibility index (Phi) is 7.54. The van der Waals surface area contributed by atoms with E-state index in [1.807, 2.05) is 18.3 Å². The van der Waals surface area contributed by atoms with Gasteiger partial charge in [-0.15, -0.1) is 0 Å². The number of ketones is 1. The van der Waals surface area contributed by atoms with Crippen molar-refractivity contribution in [1.82, 2.24) is 0 Å². The number of nitrogens with zero attached hydrogens (tertiary/aromatic N) is 1. The first-order chi connectivity index (χ1) is 15.7. The lowest BCUT2D eigenvalue weighted by molar-refractivity contribution is -0.118. The van der Waals surface area contributed by atoms with Gasteiger partial charge in [-0.2, -0.15) is 0 Å². The minimum absolute atomic E-state index is 0.287. The molecule has 0 bridgehead atoms. The average molecular weight is 432 g/mol. The largest absolute Gasteiger partial charge is 0.497 e. The van der Waals surface area contributed by atoms with Crippen LogP contribution in [0.1, 0.15) is 61.6 Å². The van der Waals surface area contributed by atoms with Gasteiger partial charge in [0.25, 0.3) is 0 Å². The van der Waals surface area contributed by atoms with Gasteiger partial charge in [0.05, 0.1) is 12.8 Å². The number of allylic oxidation sites excluding steroid dienone is 1. The Balaban J connectivity index is 1.29. The molecule has 1 fully saturated rings. The number of rotatable bonds is 9. The molecule has 0 aliphatic carbocycles. The van der Waals surface area contributed by atoms with Crippen LogP contribution >= 0.6 is 0 Å². The van der Waals surface area contributed by atoms with Crippen molar-refractivity contribution in [2.75, 3.05) is 20.3 Å². The third-order valence-corrected chi connectivity index (χ3v) is 6.71. The maximum absolute atomic E-state index is 12.7. The minimum Gasteiger partial charge on any atom is -0.497 e. The molecule has 4 nitrogen and oxygen atoms in total. The summed E-state index contributed by atoms with van der Waals surface area (Å²) in [6, 6.07) is 16.7. The van der Waals surface area contributed by atoms with Crippen molar-refractivity contribution in [2.24, 2.45) is 10.9 Å². The molecule has 0 saturated carbocycles. The van der Waals surface area contributed by atoms with Crippen LogP contribution in [-0.2, 0) is 16.0 Å². The highest BCUT2D eigenvalue weighted by molar-refractivity contribution is 6.05. The van der Waals surface area contributed by atoms with Gasteiger partial charge in [0.15, 0.2) is 0 Å². The van der Waals surface area contributed by atoms with E-state index < -0.39 is 0 Å². The summed E-state index contributed by atoms with van der Waals surface area (Å²) in [6.45, 7) is 3.89. The fourth-order valence-electron chi connectivity index (χ4n) is 4.78. The van der Waals surface area contributed by atoms with E-state index in [4.69, 9.17) is 14.5 Å². The second kappa shape index (κ2) is 10.7. The van der Waals surface area contributed by atoms with Gasteiger partial charge in [0.2, 0.25) is 0 Å². The van der Waals surface area contributed by atoms with Gasteiger partial charge >= 0.3 is 0 Å². The van der Waals surface area contributed by atoms with Crippen LogP contribution in [0.5, 0.6) is 5.75 Å². The van der Waals surface area contributed by atoms with E-state index in [1.165, 1.54) is 11.1 Å². The Morgan fingerprint density at radius 1 is 1.06 bits per heavy atom. The Hall–Kier alpha value is -2.72. The Morgan fingerprint density at radius 3 is 2.44 bits per heavy atom. The highest BCUT2D eigenvalue weighted by atomic mass is 16.5. The average Bonchev–Trinajstić information content (AvgIpc) is 3.27. The number of methoxy groups -OCH3 is 1. The number of carbonyl (C=O) groups excluding carboxylic acids is 1. The quantitative estimate of drug-likeness (QED) is 0.497. The first-order valence-electron chi connectivity index (χ1n) is 11.8. The molecule has 32 heavy (non-hydrogen) atoms. The van der Waals surface area contributed by atoms with E-state index in [0.29, 0.717) is 18.8 Å². The van der Waals surface area contributed by atoms with Crippen molar-refractivity contribution in [2.45, 2.75) is 51.4 Å². The zero-order chi connectivity index (χ0) is 22.3. The molecule has 1 saturated heterocycles. The molecule has 2 aliphatic rings. The summed E-state index contributed by atoms with van der Waals surface area (Å²) < 4.78 is 10.7. The Labute approximate surface area is 191 Å². The number of hydrogen-bond acceptors (Lipinski definition) is 4. The van der Waals surface area contributed by atoms with Gasteiger partial charge in [-0.1, -0.05) is 31.2 Å². The molecular formula is C28H33NO3. The fourth-order valence-corrected chi connectivity index (χ4v) is 4.78. The van der Waals surface area contributed by atoms with Crippen LogP contribution in [0, 0.1) is 5.92 Å². The topological polar surface area (TPSA) is 47.9 Å². The molecule has 2 aromatic carbocycles. The smallest absolute Gasteiger partial charge is 0.137 e. The van der Waals surface area contributed by atoms with Crippen LogP contribution in [0.4, 0.5) is 0 Å². The zero-order valence-electron chi connectivity index (χ0n) is 19.2. The summed E-state index contributed by atoms with van der Waals surface area (Å²) >= 11 is 0. The summed E-state index contributed by atoms with van der Waals surface area (Å²) in [7, 11) is 1.67. The van der Waals surface area contributed by atoms with E-state index in [2.05, 4.69) is 43.3 Å². The lowest BCUT2D eigenvalue weighted by atomic mass is 9.87. The molecule has 0 amide bonds. The maximum atomic E-state index is 12.7. The van der Waals surface area contributed by atoms with Gasteiger partial charge in [0, 0.05) is 38.2 Å². The van der Waals surface area contributed by atoms with Gasteiger partial charge in [-0.3, -0.25) is 9.79 Å². The minimum atomic E-state index is 0.287. The van der Waals surface area contributed by atoms with Crippen molar-refractivity contribution >= 4 is 11.5 Å². The third-order valence-electron chi connectivity index (χ3n) is 6.71. The van der Waals surface area contributed by atoms with Gasteiger partial charge in [-0.05, 0) is 78.1 Å². The summed E-state index contributed by atoms with van der Waals surface area (Å²) in [4.78, 5) is 17.4. The highest BCUT2D eigenvalue weighted by Crippen LogP contribution is 2.31. The third kappa shape index (κ3) is 5.36. The Morgan fingerprint density at radius 2 is 1.78 bits per heavy atom. The number of ether oxygens (including phenoxy) is 2. The number of Topliss-reactive ketones (excluding diaryl/α,β-unsaturated/α-hetero) is 1. The molecule has 2 aromatic rings. The van der Waals surface area contributed by atoms with E-state index in [-0.39, 0.29) is 11.7 Å². The van der Waals surface area contributed by atoms with Crippen LogP contribution in [0.3, 0.4) is 0 Å². The van der Waals surface area contributed by atoms with Gasteiger partial charge in [-0.25, -0.2) is 0 Å². The first-order valence-corrected chi connectivity index (χ1v) is 11.8. The number of carbonyl (C=O) groups is 1. The fraction of sp³-hybridized carbons (Fsp3) is 0.429. The lowest BCUT2D eigenvalue weighted by Gasteiger charge is -2.22. The molecule has 0 aromatic heterocycles. The van der Waals surface area contributed by atoms with Crippen molar-refractivity contribution in [3.8, 4) is 5.75 Å². The van der Waals surface area contributed by atoms with Crippen LogP contribution < -0.4 is 4.74 Å². The highest BCUT2D eigenvalue weighted by Gasteiger charge is 2.25. The van der Waals surface area contributed by atoms with Crippen LogP contribution in [0.2, 0.25) is 0 Å². The summed E-state index contributed by atoms with van der Waals surface area (Å²) in [5.74, 6) is 2.01. The van der Waals surface area contributed by atoms with Crippen LogP contribution in [0.25, 0.3) is 0 Å². The lowest BCUT2D eigenvalue weighted by Crippen LogP contribution is -2.15. The number of aliphatic imine (C=N–C) groups is 1. The summed E-state index contributed by atoms with van der Waals surface area (Å²) in [5, 5.41) is 0. The van der Waals surface area contributed by atoms with Crippen LogP contribution in [0.15, 0.2) is 65.3 Å². The van der Waals surface area contributed by atoms with E-state index in [1.54, 1.807) is 7.11 Å². The molecule has 2 heterocycles. The van der Waals surface area contributed by atoms with Crippen molar-refractivity contribution < 1.29 is 14.3 Å². The molecule has 0 N–H and O–H groups in total. The molecule has 168 valence electrons. The van der Waals surface area contributed by atoms with Crippen molar-refractivity contribution in [3.05, 3.63) is 77.0 Å². The molecule has 1 atom stereocenters. The van der Waals surface area contributed by atoms with Gasteiger partial charge < -0.3 is 9.47 Å².